The average molecular weight is 276 g/mol. The van der Waals surface area contributed by atoms with Crippen LogP contribution in [0.4, 0.5) is 0 Å². The van der Waals surface area contributed by atoms with E-state index in [9.17, 15) is 0 Å². The maximum Gasteiger partial charge on any atom is 0.118 e. The summed E-state index contributed by atoms with van der Waals surface area (Å²) in [4.78, 5) is 2.45. The van der Waals surface area contributed by atoms with Crippen molar-refractivity contribution in [3.63, 3.8) is 0 Å². The van der Waals surface area contributed by atoms with Gasteiger partial charge in [0.05, 0.1) is 7.11 Å². The van der Waals surface area contributed by atoms with Crippen LogP contribution in [-0.2, 0) is 6.42 Å². The van der Waals surface area contributed by atoms with Crippen LogP contribution < -0.4 is 10.5 Å². The Labute approximate surface area is 123 Å². The van der Waals surface area contributed by atoms with Crippen LogP contribution in [0.1, 0.15) is 25.8 Å². The molecule has 1 aromatic carbocycles. The van der Waals surface area contributed by atoms with Gasteiger partial charge in [0.25, 0.3) is 0 Å². The number of benzene rings is 1. The molecule has 0 heterocycles. The third-order valence-corrected chi connectivity index (χ3v) is 4.89. The van der Waals surface area contributed by atoms with E-state index >= 15 is 0 Å². The Morgan fingerprint density at radius 2 is 1.95 bits per heavy atom. The highest BCUT2D eigenvalue weighted by Crippen LogP contribution is 2.39. The molecule has 0 amide bonds. The van der Waals surface area contributed by atoms with E-state index in [1.54, 1.807) is 7.11 Å². The third-order valence-electron chi connectivity index (χ3n) is 4.89. The molecular weight excluding hydrogens is 248 g/mol. The normalized spacial score (nSPS) is 24.5. The van der Waals surface area contributed by atoms with Gasteiger partial charge >= 0.3 is 0 Å². The predicted octanol–water partition coefficient (Wildman–Crippen LogP) is 2.54. The Hall–Kier alpha value is -1.06. The minimum Gasteiger partial charge on any atom is -0.497 e. The molecule has 2 rings (SSSR count). The molecule has 112 valence electrons. The lowest BCUT2D eigenvalue weighted by molar-refractivity contribution is 0.136. The van der Waals surface area contributed by atoms with Gasteiger partial charge in [0.1, 0.15) is 5.75 Å². The summed E-state index contributed by atoms with van der Waals surface area (Å²) in [7, 11) is 3.91. The molecule has 3 atom stereocenters. The van der Waals surface area contributed by atoms with Gasteiger partial charge in [-0.05, 0) is 56.3 Å². The maximum absolute atomic E-state index is 6.08. The lowest BCUT2D eigenvalue weighted by Crippen LogP contribution is -2.52. The van der Waals surface area contributed by atoms with Gasteiger partial charge in [-0.1, -0.05) is 19.1 Å². The molecule has 1 aromatic rings. The molecular formula is C17H28N2O. The molecule has 0 aliphatic heterocycles. The number of hydrogen-bond donors (Lipinski definition) is 1. The zero-order valence-electron chi connectivity index (χ0n) is 13.2. The molecule has 3 heteroatoms. The number of likely N-dealkylation sites (N-methyl/N-ethyl adjacent to an activating group) is 1. The van der Waals surface area contributed by atoms with Crippen molar-refractivity contribution in [3.05, 3.63) is 29.8 Å². The molecule has 1 aliphatic rings. The Balaban J connectivity index is 2.01. The Morgan fingerprint density at radius 3 is 2.40 bits per heavy atom. The van der Waals surface area contributed by atoms with Gasteiger partial charge in [0.2, 0.25) is 0 Å². The van der Waals surface area contributed by atoms with Crippen LogP contribution >= 0.6 is 0 Å². The van der Waals surface area contributed by atoms with Gasteiger partial charge in [-0.2, -0.15) is 0 Å². The van der Waals surface area contributed by atoms with Gasteiger partial charge < -0.3 is 10.5 Å². The van der Waals surface area contributed by atoms with E-state index in [4.69, 9.17) is 10.5 Å². The Bertz CT molecular complexity index is 431. The summed E-state index contributed by atoms with van der Waals surface area (Å²) >= 11 is 0. The van der Waals surface area contributed by atoms with Crippen LogP contribution in [0.2, 0.25) is 0 Å². The number of methoxy groups -OCH3 is 1. The molecule has 0 aromatic heterocycles. The van der Waals surface area contributed by atoms with Crippen LogP contribution in [0.25, 0.3) is 0 Å². The highest BCUT2D eigenvalue weighted by molar-refractivity contribution is 5.28. The summed E-state index contributed by atoms with van der Waals surface area (Å²) in [6, 6.07) is 8.32. The maximum atomic E-state index is 6.08. The second-order valence-corrected chi connectivity index (χ2v) is 6.58. The molecule has 0 spiro atoms. The minimum atomic E-state index is 0.0247. The molecule has 1 aliphatic carbocycles. The first-order valence-electron chi connectivity index (χ1n) is 7.53. The molecule has 20 heavy (non-hydrogen) atoms. The van der Waals surface area contributed by atoms with Crippen LogP contribution in [0.5, 0.6) is 5.75 Å². The summed E-state index contributed by atoms with van der Waals surface area (Å²) < 4.78 is 5.21. The fourth-order valence-corrected chi connectivity index (χ4v) is 2.77. The first kappa shape index (κ1) is 15.3. The first-order chi connectivity index (χ1) is 9.48. The van der Waals surface area contributed by atoms with Crippen molar-refractivity contribution < 1.29 is 4.74 Å². The van der Waals surface area contributed by atoms with E-state index in [2.05, 4.69) is 37.9 Å². The second kappa shape index (κ2) is 6.15. The molecule has 2 N–H and O–H groups in total. The van der Waals surface area contributed by atoms with Gasteiger partial charge in [0, 0.05) is 18.6 Å². The first-order valence-corrected chi connectivity index (χ1v) is 7.53. The Kier molecular flexibility index (Phi) is 4.71. The lowest BCUT2D eigenvalue weighted by atomic mass is 9.91. The van der Waals surface area contributed by atoms with Gasteiger partial charge in [-0.15, -0.1) is 0 Å². The summed E-state index contributed by atoms with van der Waals surface area (Å²) in [5.74, 6) is 2.66. The number of hydrogen-bond acceptors (Lipinski definition) is 3. The van der Waals surface area contributed by atoms with E-state index in [0.29, 0.717) is 6.54 Å². The Morgan fingerprint density at radius 1 is 1.35 bits per heavy atom. The highest BCUT2D eigenvalue weighted by atomic mass is 16.5. The van der Waals surface area contributed by atoms with Gasteiger partial charge in [-0.3, -0.25) is 4.90 Å². The zero-order valence-corrected chi connectivity index (χ0v) is 13.2. The van der Waals surface area contributed by atoms with Gasteiger partial charge in [-0.25, -0.2) is 0 Å². The molecule has 0 saturated heterocycles. The largest absolute Gasteiger partial charge is 0.497 e. The fraction of sp³-hybridized carbons (Fsp3) is 0.647. The van der Waals surface area contributed by atoms with Gasteiger partial charge in [0.15, 0.2) is 0 Å². The smallest absolute Gasteiger partial charge is 0.118 e. The quantitative estimate of drug-likeness (QED) is 0.832. The average Bonchev–Trinajstić information content (AvgIpc) is 3.14. The number of ether oxygens (including phenoxy) is 1. The molecule has 0 radical (unpaired) electrons. The molecule has 3 nitrogen and oxygen atoms in total. The summed E-state index contributed by atoms with van der Waals surface area (Å²) in [6.45, 7) is 6.44. The standard InChI is InChI=1S/C17H28N2O/c1-13-9-15(13)11-19(3)17(2,12-18)10-14-5-7-16(20-4)8-6-14/h5-8,13,15H,9-12,18H2,1-4H3. The summed E-state index contributed by atoms with van der Waals surface area (Å²) in [5.41, 5.74) is 7.42. The fourth-order valence-electron chi connectivity index (χ4n) is 2.77. The van der Waals surface area contributed by atoms with Crippen molar-refractivity contribution in [1.29, 1.82) is 0 Å². The predicted molar refractivity (Wildman–Crippen MR) is 84.1 cm³/mol. The monoisotopic (exact) mass is 276 g/mol. The molecule has 0 bridgehead atoms. The van der Waals surface area contributed by atoms with E-state index in [-0.39, 0.29) is 5.54 Å². The lowest BCUT2D eigenvalue weighted by Gasteiger charge is -2.38. The second-order valence-electron chi connectivity index (χ2n) is 6.58. The van der Waals surface area contributed by atoms with E-state index in [1.165, 1.54) is 12.0 Å². The minimum absolute atomic E-state index is 0.0247. The van der Waals surface area contributed by atoms with Crippen molar-refractivity contribution >= 4 is 0 Å². The van der Waals surface area contributed by atoms with Crippen molar-refractivity contribution in [2.24, 2.45) is 17.6 Å². The van der Waals surface area contributed by atoms with E-state index in [0.717, 1.165) is 30.6 Å². The van der Waals surface area contributed by atoms with Crippen LogP contribution in [0.15, 0.2) is 24.3 Å². The van der Waals surface area contributed by atoms with E-state index < -0.39 is 0 Å². The summed E-state index contributed by atoms with van der Waals surface area (Å²) in [5, 5.41) is 0. The highest BCUT2D eigenvalue weighted by Gasteiger charge is 2.37. The van der Waals surface area contributed by atoms with Crippen molar-refractivity contribution in [3.8, 4) is 5.75 Å². The summed E-state index contributed by atoms with van der Waals surface area (Å²) in [6.07, 6.45) is 2.35. The topological polar surface area (TPSA) is 38.5 Å². The van der Waals surface area contributed by atoms with Crippen molar-refractivity contribution in [2.75, 3.05) is 27.2 Å². The number of nitrogens with two attached hydrogens (primary N) is 1. The van der Waals surface area contributed by atoms with Crippen LogP contribution in [0, 0.1) is 11.8 Å². The molecule has 3 unspecified atom stereocenters. The SMILES string of the molecule is COc1ccc(CC(C)(CN)N(C)CC2CC2C)cc1. The van der Waals surface area contributed by atoms with Crippen molar-refractivity contribution in [1.82, 2.24) is 4.90 Å². The van der Waals surface area contributed by atoms with Crippen LogP contribution in [0.3, 0.4) is 0 Å². The molecule has 1 saturated carbocycles. The van der Waals surface area contributed by atoms with Crippen LogP contribution in [-0.4, -0.2) is 37.7 Å². The number of rotatable bonds is 7. The van der Waals surface area contributed by atoms with E-state index in [1.807, 2.05) is 12.1 Å². The third kappa shape index (κ3) is 3.53. The number of nitrogens with zero attached hydrogens (tertiary/aromatic N) is 1. The van der Waals surface area contributed by atoms with Crippen molar-refractivity contribution in [2.45, 2.75) is 32.2 Å². The molecule has 1 fully saturated rings. The zero-order chi connectivity index (χ0) is 14.8.